The average Bonchev–Trinajstić information content (AvgIpc) is 3.10. The highest BCUT2D eigenvalue weighted by atomic mass is 35.5. The molecule has 2 atom stereocenters. The molecule has 1 aliphatic heterocycles. The minimum Gasteiger partial charge on any atom is -0.411 e. The molecule has 2 unspecified atom stereocenters. The van der Waals surface area contributed by atoms with Crippen molar-refractivity contribution >= 4 is 29.3 Å². The van der Waals surface area contributed by atoms with Gasteiger partial charge in [0.2, 0.25) is 11.8 Å². The van der Waals surface area contributed by atoms with Crippen LogP contribution in [0.1, 0.15) is 39.5 Å². The summed E-state index contributed by atoms with van der Waals surface area (Å²) in [5, 5.41) is 8.96. The van der Waals surface area contributed by atoms with Gasteiger partial charge in [-0.1, -0.05) is 30.3 Å². The lowest BCUT2D eigenvalue weighted by atomic mass is 10.00. The Morgan fingerprint density at radius 1 is 1.36 bits per heavy atom. The van der Waals surface area contributed by atoms with Gasteiger partial charge in [0.25, 0.3) is 5.22 Å². The van der Waals surface area contributed by atoms with Crippen LogP contribution in [0.25, 0.3) is 11.5 Å². The molecule has 1 aromatic heterocycles. The van der Waals surface area contributed by atoms with E-state index in [1.165, 1.54) is 18.2 Å². The fourth-order valence-corrected chi connectivity index (χ4v) is 4.00. The second kappa shape index (κ2) is 8.23. The number of halogens is 1. The van der Waals surface area contributed by atoms with E-state index in [1.807, 2.05) is 24.0 Å². The molecule has 1 fully saturated rings. The van der Waals surface area contributed by atoms with Gasteiger partial charge in [-0.05, 0) is 56.9 Å². The SMILES string of the molecule is CCC1CCCCN1C(=O)C(C)Sc1nnc(-c2ccc(Cl)cc2)o1. The molecule has 25 heavy (non-hydrogen) atoms. The second-order valence-electron chi connectivity index (χ2n) is 6.23. The zero-order chi connectivity index (χ0) is 17.8. The van der Waals surface area contributed by atoms with Gasteiger partial charge in [-0.3, -0.25) is 4.79 Å². The summed E-state index contributed by atoms with van der Waals surface area (Å²) in [7, 11) is 0. The highest BCUT2D eigenvalue weighted by Crippen LogP contribution is 2.29. The highest BCUT2D eigenvalue weighted by Gasteiger charge is 2.30. The monoisotopic (exact) mass is 379 g/mol. The maximum atomic E-state index is 12.8. The zero-order valence-corrected chi connectivity index (χ0v) is 16.0. The molecular formula is C18H22ClN3O2S. The van der Waals surface area contributed by atoms with E-state index in [0.717, 1.165) is 31.4 Å². The summed E-state index contributed by atoms with van der Waals surface area (Å²) in [6.45, 7) is 4.90. The van der Waals surface area contributed by atoms with Crippen LogP contribution in [0.5, 0.6) is 0 Å². The van der Waals surface area contributed by atoms with Gasteiger partial charge in [-0.15, -0.1) is 10.2 Å². The Hall–Kier alpha value is -1.53. The predicted octanol–water partition coefficient (Wildman–Crippen LogP) is 4.66. The predicted molar refractivity (Wildman–Crippen MR) is 99.7 cm³/mol. The van der Waals surface area contributed by atoms with Crippen LogP contribution in [0.3, 0.4) is 0 Å². The van der Waals surface area contributed by atoms with Gasteiger partial charge in [0, 0.05) is 23.2 Å². The summed E-state index contributed by atoms with van der Waals surface area (Å²) in [6, 6.07) is 7.58. The van der Waals surface area contributed by atoms with Crippen LogP contribution >= 0.6 is 23.4 Å². The largest absolute Gasteiger partial charge is 0.411 e. The van der Waals surface area contributed by atoms with Crippen LogP contribution in [0.4, 0.5) is 0 Å². The topological polar surface area (TPSA) is 59.2 Å². The molecule has 1 aliphatic rings. The number of amides is 1. The minimum absolute atomic E-state index is 0.155. The third-order valence-electron chi connectivity index (χ3n) is 4.50. The molecule has 0 radical (unpaired) electrons. The number of benzene rings is 1. The maximum absolute atomic E-state index is 12.8. The zero-order valence-electron chi connectivity index (χ0n) is 14.4. The molecule has 7 heteroatoms. The van der Waals surface area contributed by atoms with Crippen molar-refractivity contribution < 1.29 is 9.21 Å². The molecule has 1 amide bonds. The molecule has 2 heterocycles. The van der Waals surface area contributed by atoms with E-state index in [-0.39, 0.29) is 11.2 Å². The Morgan fingerprint density at radius 2 is 2.12 bits per heavy atom. The van der Waals surface area contributed by atoms with Crippen molar-refractivity contribution in [3.63, 3.8) is 0 Å². The van der Waals surface area contributed by atoms with E-state index in [1.54, 1.807) is 12.1 Å². The lowest BCUT2D eigenvalue weighted by molar-refractivity contribution is -0.134. The molecule has 1 saturated heterocycles. The third-order valence-corrected chi connectivity index (χ3v) is 5.68. The number of likely N-dealkylation sites (tertiary alicyclic amines) is 1. The normalized spacial score (nSPS) is 19.0. The first-order valence-corrected chi connectivity index (χ1v) is 9.91. The maximum Gasteiger partial charge on any atom is 0.277 e. The number of nitrogens with zero attached hydrogens (tertiary/aromatic N) is 3. The van der Waals surface area contributed by atoms with Crippen LogP contribution in [-0.2, 0) is 4.79 Å². The number of carbonyl (C=O) groups is 1. The first-order chi connectivity index (χ1) is 12.1. The van der Waals surface area contributed by atoms with Gasteiger partial charge >= 0.3 is 0 Å². The fourth-order valence-electron chi connectivity index (χ4n) is 3.12. The molecule has 0 saturated carbocycles. The van der Waals surface area contributed by atoms with E-state index in [9.17, 15) is 4.79 Å². The standard InChI is InChI=1S/C18H22ClN3O2S/c1-3-15-6-4-5-11-22(15)17(23)12(2)25-18-21-20-16(24-18)13-7-9-14(19)10-8-13/h7-10,12,15H,3-6,11H2,1-2H3. The Bertz CT molecular complexity index is 719. The smallest absolute Gasteiger partial charge is 0.277 e. The lowest BCUT2D eigenvalue weighted by Crippen LogP contribution is -2.46. The number of thioether (sulfide) groups is 1. The fraction of sp³-hybridized carbons (Fsp3) is 0.500. The second-order valence-corrected chi connectivity index (χ2v) is 7.96. The van der Waals surface area contributed by atoms with E-state index in [4.69, 9.17) is 16.0 Å². The van der Waals surface area contributed by atoms with Crippen LogP contribution in [0.2, 0.25) is 5.02 Å². The molecule has 0 bridgehead atoms. The van der Waals surface area contributed by atoms with Crippen molar-refractivity contribution in [1.82, 2.24) is 15.1 Å². The average molecular weight is 380 g/mol. The molecule has 0 spiro atoms. The molecule has 3 rings (SSSR count). The van der Waals surface area contributed by atoms with Crippen molar-refractivity contribution in [2.24, 2.45) is 0 Å². The number of carbonyl (C=O) groups excluding carboxylic acids is 1. The van der Waals surface area contributed by atoms with E-state index >= 15 is 0 Å². The van der Waals surface area contributed by atoms with Crippen LogP contribution in [-0.4, -0.2) is 38.8 Å². The summed E-state index contributed by atoms with van der Waals surface area (Å²) in [4.78, 5) is 14.8. The summed E-state index contributed by atoms with van der Waals surface area (Å²) < 4.78 is 5.70. The van der Waals surface area contributed by atoms with Gasteiger partial charge in [0.15, 0.2) is 0 Å². The van der Waals surface area contributed by atoms with Crippen molar-refractivity contribution in [2.75, 3.05) is 6.54 Å². The van der Waals surface area contributed by atoms with Gasteiger partial charge in [-0.25, -0.2) is 0 Å². The van der Waals surface area contributed by atoms with Gasteiger partial charge in [0.1, 0.15) is 0 Å². The van der Waals surface area contributed by atoms with Gasteiger partial charge in [0.05, 0.1) is 5.25 Å². The van der Waals surface area contributed by atoms with Gasteiger partial charge in [-0.2, -0.15) is 0 Å². The molecule has 0 N–H and O–H groups in total. The van der Waals surface area contributed by atoms with Crippen molar-refractivity contribution in [3.05, 3.63) is 29.3 Å². The van der Waals surface area contributed by atoms with Crippen molar-refractivity contribution in [3.8, 4) is 11.5 Å². The Balaban J connectivity index is 1.65. The van der Waals surface area contributed by atoms with Crippen LogP contribution in [0, 0.1) is 0 Å². The molecule has 2 aromatic rings. The molecular weight excluding hydrogens is 358 g/mol. The van der Waals surface area contributed by atoms with Crippen molar-refractivity contribution in [2.45, 2.75) is 56.0 Å². The quantitative estimate of drug-likeness (QED) is 0.707. The minimum atomic E-state index is -0.245. The van der Waals surface area contributed by atoms with Crippen molar-refractivity contribution in [1.29, 1.82) is 0 Å². The van der Waals surface area contributed by atoms with E-state index < -0.39 is 0 Å². The van der Waals surface area contributed by atoms with E-state index in [2.05, 4.69) is 17.1 Å². The summed E-state index contributed by atoms with van der Waals surface area (Å²) >= 11 is 7.21. The highest BCUT2D eigenvalue weighted by molar-refractivity contribution is 8.00. The number of aromatic nitrogens is 2. The number of hydrogen-bond donors (Lipinski definition) is 0. The molecule has 1 aromatic carbocycles. The first-order valence-electron chi connectivity index (χ1n) is 8.65. The van der Waals surface area contributed by atoms with Crippen LogP contribution in [0.15, 0.2) is 33.9 Å². The molecule has 5 nitrogen and oxygen atoms in total. The van der Waals surface area contributed by atoms with Crippen LogP contribution < -0.4 is 0 Å². The summed E-state index contributed by atoms with van der Waals surface area (Å²) in [6.07, 6.45) is 4.39. The Morgan fingerprint density at radius 3 is 2.84 bits per heavy atom. The Labute approximate surface area is 157 Å². The summed E-state index contributed by atoms with van der Waals surface area (Å²) in [5.41, 5.74) is 0.810. The molecule has 134 valence electrons. The first kappa shape index (κ1) is 18.3. The lowest BCUT2D eigenvalue weighted by Gasteiger charge is -2.36. The number of hydrogen-bond acceptors (Lipinski definition) is 5. The van der Waals surface area contributed by atoms with Gasteiger partial charge < -0.3 is 9.32 Å². The summed E-state index contributed by atoms with van der Waals surface area (Å²) in [5.74, 6) is 0.589. The molecule has 0 aliphatic carbocycles. The number of rotatable bonds is 5. The number of piperidine rings is 1. The Kier molecular flexibility index (Phi) is 6.02. The van der Waals surface area contributed by atoms with E-state index in [0.29, 0.717) is 22.2 Å². The third kappa shape index (κ3) is 4.36.